The van der Waals surface area contributed by atoms with E-state index in [0.717, 1.165) is 13.1 Å². The number of aryl methyl sites for hydroxylation is 1. The van der Waals surface area contributed by atoms with Crippen LogP contribution in [0.4, 0.5) is 0 Å². The molecule has 2 nitrogen and oxygen atoms in total. The summed E-state index contributed by atoms with van der Waals surface area (Å²) in [6, 6.07) is 8.58. The molecule has 0 bridgehead atoms. The molecule has 1 fully saturated rings. The molecule has 1 aliphatic rings. The number of nitrogens with one attached hydrogen (secondary N) is 1. The molecule has 76 valence electrons. The fraction of sp³-hybridized carbons (Fsp3) is 0.500. The molecule has 0 spiro atoms. The molecule has 1 aromatic carbocycles. The Morgan fingerprint density at radius 2 is 1.93 bits per heavy atom. The van der Waals surface area contributed by atoms with Gasteiger partial charge in [0.05, 0.1) is 12.2 Å². The Hall–Kier alpha value is -0.860. The maximum absolute atomic E-state index is 5.85. The number of hydrogen-bond donors (Lipinski definition) is 1. The van der Waals surface area contributed by atoms with Crippen molar-refractivity contribution < 1.29 is 4.74 Å². The molecule has 14 heavy (non-hydrogen) atoms. The molecule has 0 aliphatic carbocycles. The molecule has 2 unspecified atom stereocenters. The number of morpholine rings is 1. The first-order valence-electron chi connectivity index (χ1n) is 5.18. The molecule has 2 heteroatoms. The van der Waals surface area contributed by atoms with Crippen LogP contribution >= 0.6 is 0 Å². The third-order valence-corrected chi connectivity index (χ3v) is 2.61. The van der Waals surface area contributed by atoms with Gasteiger partial charge in [0, 0.05) is 13.1 Å². The lowest BCUT2D eigenvalue weighted by Gasteiger charge is -2.29. The topological polar surface area (TPSA) is 21.3 Å². The van der Waals surface area contributed by atoms with Crippen LogP contribution in [0.1, 0.15) is 24.2 Å². The van der Waals surface area contributed by atoms with Crippen LogP contribution in [0.3, 0.4) is 0 Å². The van der Waals surface area contributed by atoms with E-state index in [1.165, 1.54) is 11.1 Å². The average Bonchev–Trinajstić information content (AvgIpc) is 2.19. The fourth-order valence-corrected chi connectivity index (χ4v) is 1.77. The van der Waals surface area contributed by atoms with Gasteiger partial charge >= 0.3 is 0 Å². The van der Waals surface area contributed by atoms with Crippen molar-refractivity contribution >= 4 is 0 Å². The highest BCUT2D eigenvalue weighted by Gasteiger charge is 2.19. The normalized spacial score (nSPS) is 27.6. The van der Waals surface area contributed by atoms with Crippen molar-refractivity contribution in [2.75, 3.05) is 13.1 Å². The first kappa shape index (κ1) is 9.69. The van der Waals surface area contributed by atoms with E-state index in [4.69, 9.17) is 4.74 Å². The second kappa shape index (κ2) is 4.11. The molecule has 0 aromatic heterocycles. The van der Waals surface area contributed by atoms with Gasteiger partial charge in [0.2, 0.25) is 0 Å². The maximum Gasteiger partial charge on any atom is 0.0953 e. The zero-order valence-electron chi connectivity index (χ0n) is 8.79. The van der Waals surface area contributed by atoms with Gasteiger partial charge in [-0.3, -0.25) is 0 Å². The highest BCUT2D eigenvalue weighted by Crippen LogP contribution is 2.21. The zero-order valence-corrected chi connectivity index (χ0v) is 8.79. The Morgan fingerprint density at radius 1 is 1.21 bits per heavy atom. The highest BCUT2D eigenvalue weighted by molar-refractivity contribution is 5.23. The fourth-order valence-electron chi connectivity index (χ4n) is 1.77. The van der Waals surface area contributed by atoms with Crippen LogP contribution in [0.25, 0.3) is 0 Å². The van der Waals surface area contributed by atoms with Crippen molar-refractivity contribution in [3.8, 4) is 0 Å². The molecule has 1 aliphatic heterocycles. The van der Waals surface area contributed by atoms with Crippen molar-refractivity contribution in [2.45, 2.75) is 26.1 Å². The van der Waals surface area contributed by atoms with Gasteiger partial charge in [-0.05, 0) is 19.4 Å². The molecule has 1 saturated heterocycles. The quantitative estimate of drug-likeness (QED) is 0.733. The van der Waals surface area contributed by atoms with E-state index in [9.17, 15) is 0 Å². The first-order chi connectivity index (χ1) is 6.75. The maximum atomic E-state index is 5.85. The highest BCUT2D eigenvalue weighted by atomic mass is 16.5. The smallest absolute Gasteiger partial charge is 0.0953 e. The summed E-state index contributed by atoms with van der Waals surface area (Å²) in [6.07, 6.45) is 0.536. The van der Waals surface area contributed by atoms with Gasteiger partial charge in [0.1, 0.15) is 0 Å². The summed E-state index contributed by atoms with van der Waals surface area (Å²) >= 11 is 0. The molecule has 1 N–H and O–H groups in total. The second-order valence-corrected chi connectivity index (χ2v) is 4.00. The summed E-state index contributed by atoms with van der Waals surface area (Å²) in [5.74, 6) is 0. The van der Waals surface area contributed by atoms with Crippen molar-refractivity contribution in [2.24, 2.45) is 0 Å². The van der Waals surface area contributed by atoms with Crippen LogP contribution in [-0.4, -0.2) is 19.2 Å². The minimum atomic E-state index is 0.222. The number of hydrogen-bond acceptors (Lipinski definition) is 2. The molecule has 0 saturated carbocycles. The van der Waals surface area contributed by atoms with Crippen LogP contribution in [0.2, 0.25) is 0 Å². The van der Waals surface area contributed by atoms with E-state index in [2.05, 4.69) is 43.4 Å². The lowest BCUT2D eigenvalue weighted by atomic mass is 10.1. The van der Waals surface area contributed by atoms with Gasteiger partial charge in [0.15, 0.2) is 0 Å². The third kappa shape index (κ3) is 2.14. The molecule has 0 amide bonds. The Balaban J connectivity index is 2.10. The summed E-state index contributed by atoms with van der Waals surface area (Å²) in [5, 5.41) is 3.37. The summed E-state index contributed by atoms with van der Waals surface area (Å²) in [4.78, 5) is 0. The number of benzene rings is 1. The Morgan fingerprint density at radius 3 is 2.57 bits per heavy atom. The van der Waals surface area contributed by atoms with Crippen LogP contribution in [0.15, 0.2) is 24.3 Å². The van der Waals surface area contributed by atoms with E-state index < -0.39 is 0 Å². The van der Waals surface area contributed by atoms with Gasteiger partial charge in [-0.25, -0.2) is 0 Å². The third-order valence-electron chi connectivity index (χ3n) is 2.61. The van der Waals surface area contributed by atoms with Crippen LogP contribution in [-0.2, 0) is 4.74 Å². The van der Waals surface area contributed by atoms with Gasteiger partial charge in [-0.2, -0.15) is 0 Å². The van der Waals surface area contributed by atoms with E-state index in [1.54, 1.807) is 0 Å². The lowest BCUT2D eigenvalue weighted by Crippen LogP contribution is -2.38. The Kier molecular flexibility index (Phi) is 2.85. The van der Waals surface area contributed by atoms with E-state index in [-0.39, 0.29) is 6.10 Å². The monoisotopic (exact) mass is 191 g/mol. The van der Waals surface area contributed by atoms with Crippen LogP contribution in [0.5, 0.6) is 0 Å². The second-order valence-electron chi connectivity index (χ2n) is 4.00. The van der Waals surface area contributed by atoms with Gasteiger partial charge in [0.25, 0.3) is 0 Å². The zero-order chi connectivity index (χ0) is 9.97. The average molecular weight is 191 g/mol. The molecular weight excluding hydrogens is 174 g/mol. The van der Waals surface area contributed by atoms with Crippen LogP contribution in [0, 0.1) is 6.92 Å². The molecule has 0 radical (unpaired) electrons. The predicted octanol–water partition coefficient (Wildman–Crippen LogP) is 2.04. The first-order valence-corrected chi connectivity index (χ1v) is 5.18. The van der Waals surface area contributed by atoms with Gasteiger partial charge < -0.3 is 10.1 Å². The summed E-state index contributed by atoms with van der Waals surface area (Å²) in [6.45, 7) is 6.09. The molecule has 2 rings (SSSR count). The largest absolute Gasteiger partial charge is 0.368 e. The summed E-state index contributed by atoms with van der Waals surface area (Å²) < 4.78 is 5.85. The van der Waals surface area contributed by atoms with E-state index in [1.807, 2.05) is 0 Å². The molecular formula is C12H17NO. The Bertz CT molecular complexity index is 294. The van der Waals surface area contributed by atoms with E-state index in [0.29, 0.717) is 6.10 Å². The minimum Gasteiger partial charge on any atom is -0.368 e. The van der Waals surface area contributed by atoms with Gasteiger partial charge in [-0.15, -0.1) is 0 Å². The molecule has 1 heterocycles. The Labute approximate surface area is 85.3 Å². The lowest BCUT2D eigenvalue weighted by molar-refractivity contribution is -0.0287. The van der Waals surface area contributed by atoms with Gasteiger partial charge in [-0.1, -0.05) is 29.8 Å². The van der Waals surface area contributed by atoms with Crippen molar-refractivity contribution in [3.63, 3.8) is 0 Å². The summed E-state index contributed by atoms with van der Waals surface area (Å²) in [5.41, 5.74) is 2.57. The predicted molar refractivity (Wildman–Crippen MR) is 57.3 cm³/mol. The SMILES string of the molecule is Cc1ccc(C2CNCC(C)O2)cc1. The minimum absolute atomic E-state index is 0.222. The summed E-state index contributed by atoms with van der Waals surface area (Å²) in [7, 11) is 0. The number of rotatable bonds is 1. The number of ether oxygens (including phenoxy) is 1. The van der Waals surface area contributed by atoms with Crippen molar-refractivity contribution in [1.29, 1.82) is 0 Å². The standard InChI is InChI=1S/C12H17NO/c1-9-3-5-11(6-4-9)12-8-13-7-10(2)14-12/h3-6,10,12-13H,7-8H2,1-2H3. The molecule has 2 atom stereocenters. The van der Waals surface area contributed by atoms with Crippen molar-refractivity contribution in [3.05, 3.63) is 35.4 Å². The van der Waals surface area contributed by atoms with E-state index >= 15 is 0 Å². The van der Waals surface area contributed by atoms with Crippen molar-refractivity contribution in [1.82, 2.24) is 5.32 Å². The van der Waals surface area contributed by atoms with Crippen LogP contribution < -0.4 is 5.32 Å². The molecule has 1 aromatic rings.